The highest BCUT2D eigenvalue weighted by Crippen LogP contribution is 2.21. The van der Waals surface area contributed by atoms with Gasteiger partial charge in [-0.3, -0.25) is 9.48 Å². The number of hydrogen-bond donors (Lipinski definition) is 1. The van der Waals surface area contributed by atoms with Gasteiger partial charge < -0.3 is 5.32 Å². The Bertz CT molecular complexity index is 797. The summed E-state index contributed by atoms with van der Waals surface area (Å²) < 4.78 is 3.18. The van der Waals surface area contributed by atoms with Crippen molar-refractivity contribution in [2.45, 2.75) is 13.5 Å². The van der Waals surface area contributed by atoms with Gasteiger partial charge in [-0.15, -0.1) is 5.10 Å². The smallest absolute Gasteiger partial charge is 0.257 e. The van der Waals surface area contributed by atoms with E-state index in [4.69, 9.17) is 11.6 Å². The van der Waals surface area contributed by atoms with Gasteiger partial charge in [0.15, 0.2) is 0 Å². The molecule has 0 radical (unpaired) electrons. The molecule has 9 heteroatoms. The van der Waals surface area contributed by atoms with Gasteiger partial charge in [0.05, 0.1) is 28.2 Å². The molecule has 1 aromatic carbocycles. The third-order valence-corrected chi connectivity index (χ3v) is 3.34. The van der Waals surface area contributed by atoms with E-state index < -0.39 is 0 Å². The van der Waals surface area contributed by atoms with Crippen LogP contribution in [0, 0.1) is 0 Å². The second-order valence-corrected chi connectivity index (χ2v) is 4.86. The molecule has 0 aliphatic heterocycles. The van der Waals surface area contributed by atoms with Gasteiger partial charge in [0.2, 0.25) is 0 Å². The topological polar surface area (TPSA) is 90.5 Å². The predicted octanol–water partition coefficient (Wildman–Crippen LogP) is 1.78. The Morgan fingerprint density at radius 1 is 1.41 bits per heavy atom. The number of benzene rings is 1. The summed E-state index contributed by atoms with van der Waals surface area (Å²) in [6.45, 7) is 2.70. The van der Waals surface area contributed by atoms with E-state index in [1.165, 1.54) is 11.0 Å². The Kier molecular flexibility index (Phi) is 3.84. The average molecular weight is 318 g/mol. The molecule has 0 unspecified atom stereocenters. The van der Waals surface area contributed by atoms with Gasteiger partial charge in [0, 0.05) is 12.7 Å². The van der Waals surface area contributed by atoms with E-state index in [-0.39, 0.29) is 5.91 Å². The Labute approximate surface area is 130 Å². The largest absolute Gasteiger partial charge is 0.319 e. The zero-order valence-corrected chi connectivity index (χ0v) is 12.4. The normalized spacial score (nSPS) is 10.6. The zero-order valence-electron chi connectivity index (χ0n) is 11.6. The summed E-state index contributed by atoms with van der Waals surface area (Å²) in [5.74, 6) is -0.302. The first kappa shape index (κ1) is 14.2. The number of aromatic nitrogens is 6. The average Bonchev–Trinajstić information content (AvgIpc) is 3.18. The molecule has 0 saturated carbocycles. The van der Waals surface area contributed by atoms with Crippen LogP contribution in [0.3, 0.4) is 0 Å². The molecule has 0 fully saturated rings. The first-order valence-electron chi connectivity index (χ1n) is 6.54. The van der Waals surface area contributed by atoms with Crippen molar-refractivity contribution in [3.63, 3.8) is 0 Å². The number of halogens is 1. The number of nitrogens with zero attached hydrogens (tertiary/aromatic N) is 6. The number of rotatable bonds is 4. The lowest BCUT2D eigenvalue weighted by atomic mass is 10.2. The lowest BCUT2D eigenvalue weighted by Gasteiger charge is -2.06. The monoisotopic (exact) mass is 317 g/mol. The minimum Gasteiger partial charge on any atom is -0.319 e. The van der Waals surface area contributed by atoms with Crippen molar-refractivity contribution in [1.29, 1.82) is 0 Å². The summed E-state index contributed by atoms with van der Waals surface area (Å²) in [5.41, 5.74) is 1.65. The van der Waals surface area contributed by atoms with Gasteiger partial charge in [-0.05, 0) is 35.5 Å². The minimum absolute atomic E-state index is 0.302. The van der Waals surface area contributed by atoms with E-state index in [9.17, 15) is 4.79 Å². The lowest BCUT2D eigenvalue weighted by Crippen LogP contribution is -2.12. The number of carbonyl (C=O) groups is 1. The van der Waals surface area contributed by atoms with E-state index in [0.717, 1.165) is 6.54 Å². The molecule has 1 amide bonds. The van der Waals surface area contributed by atoms with Crippen LogP contribution in [-0.2, 0) is 6.54 Å². The first-order chi connectivity index (χ1) is 10.7. The van der Waals surface area contributed by atoms with Crippen molar-refractivity contribution >= 4 is 23.2 Å². The molecule has 0 bridgehead atoms. The fraction of sp³-hybridized carbons (Fsp3) is 0.154. The van der Waals surface area contributed by atoms with Crippen LogP contribution in [0.1, 0.15) is 17.3 Å². The van der Waals surface area contributed by atoms with Crippen molar-refractivity contribution in [1.82, 2.24) is 30.0 Å². The molecule has 2 aromatic heterocycles. The van der Waals surface area contributed by atoms with Gasteiger partial charge in [-0.1, -0.05) is 11.6 Å². The zero-order chi connectivity index (χ0) is 15.5. The number of aryl methyl sites for hydroxylation is 1. The Hall–Kier alpha value is -2.74. The Balaban J connectivity index is 1.80. The van der Waals surface area contributed by atoms with Crippen molar-refractivity contribution in [2.75, 3.05) is 5.32 Å². The molecular formula is C13H12ClN7O. The molecule has 0 spiro atoms. The summed E-state index contributed by atoms with van der Waals surface area (Å²) >= 11 is 6.18. The molecule has 0 aliphatic rings. The summed E-state index contributed by atoms with van der Waals surface area (Å²) in [5, 5.41) is 18.0. The second kappa shape index (κ2) is 5.94. The van der Waals surface area contributed by atoms with Crippen LogP contribution >= 0.6 is 11.6 Å². The van der Waals surface area contributed by atoms with Gasteiger partial charge in [0.1, 0.15) is 6.33 Å². The van der Waals surface area contributed by atoms with Crippen LogP contribution in [0.5, 0.6) is 0 Å². The molecule has 112 valence electrons. The number of hydrogen-bond acceptors (Lipinski definition) is 5. The Morgan fingerprint density at radius 3 is 2.91 bits per heavy atom. The molecule has 3 rings (SSSR count). The molecule has 3 aromatic rings. The van der Waals surface area contributed by atoms with Crippen molar-refractivity contribution in [2.24, 2.45) is 0 Å². The van der Waals surface area contributed by atoms with Gasteiger partial charge in [-0.25, -0.2) is 4.68 Å². The number of amides is 1. The van der Waals surface area contributed by atoms with E-state index >= 15 is 0 Å². The molecule has 22 heavy (non-hydrogen) atoms. The molecule has 0 aliphatic carbocycles. The van der Waals surface area contributed by atoms with Crippen molar-refractivity contribution in [3.05, 3.63) is 47.5 Å². The second-order valence-electron chi connectivity index (χ2n) is 4.46. The van der Waals surface area contributed by atoms with Crippen LogP contribution in [0.4, 0.5) is 5.69 Å². The van der Waals surface area contributed by atoms with E-state index in [1.807, 2.05) is 6.92 Å². The van der Waals surface area contributed by atoms with Crippen molar-refractivity contribution < 1.29 is 4.79 Å². The minimum atomic E-state index is -0.302. The maximum absolute atomic E-state index is 12.3. The van der Waals surface area contributed by atoms with Crippen LogP contribution in [0.15, 0.2) is 36.9 Å². The van der Waals surface area contributed by atoms with Crippen molar-refractivity contribution in [3.8, 4) is 5.69 Å². The van der Waals surface area contributed by atoms with E-state index in [1.54, 1.807) is 35.3 Å². The summed E-state index contributed by atoms with van der Waals surface area (Å²) in [6, 6.07) is 4.97. The SMILES string of the molecule is CCn1cc(NC(=O)c2ccc(-n3cnnn3)cc2Cl)cn1. The van der Waals surface area contributed by atoms with Gasteiger partial charge in [0.25, 0.3) is 5.91 Å². The number of anilines is 1. The standard InChI is InChI=1S/C13H12ClN7O/c1-2-20-7-9(6-16-20)17-13(22)11-4-3-10(5-12(11)14)21-8-15-18-19-21/h3-8H,2H2,1H3,(H,17,22). The van der Waals surface area contributed by atoms with E-state index in [0.29, 0.717) is 22.0 Å². The first-order valence-corrected chi connectivity index (χ1v) is 6.92. The number of tetrazole rings is 1. The maximum Gasteiger partial charge on any atom is 0.257 e. The van der Waals surface area contributed by atoms with Crippen LogP contribution in [0.25, 0.3) is 5.69 Å². The fourth-order valence-corrected chi connectivity index (χ4v) is 2.17. The predicted molar refractivity (Wildman–Crippen MR) is 80.0 cm³/mol. The van der Waals surface area contributed by atoms with Gasteiger partial charge in [-0.2, -0.15) is 5.10 Å². The number of carbonyl (C=O) groups excluding carboxylic acids is 1. The van der Waals surface area contributed by atoms with Crippen LogP contribution < -0.4 is 5.32 Å². The Morgan fingerprint density at radius 2 is 2.27 bits per heavy atom. The summed E-state index contributed by atoms with van der Waals surface area (Å²) in [4.78, 5) is 12.3. The van der Waals surface area contributed by atoms with Crippen LogP contribution in [-0.4, -0.2) is 35.9 Å². The fourth-order valence-electron chi connectivity index (χ4n) is 1.91. The highest BCUT2D eigenvalue weighted by molar-refractivity contribution is 6.34. The highest BCUT2D eigenvalue weighted by atomic mass is 35.5. The number of nitrogens with one attached hydrogen (secondary N) is 1. The third kappa shape index (κ3) is 2.82. The lowest BCUT2D eigenvalue weighted by molar-refractivity contribution is 0.102. The maximum atomic E-state index is 12.3. The van der Waals surface area contributed by atoms with E-state index in [2.05, 4.69) is 25.9 Å². The molecular weight excluding hydrogens is 306 g/mol. The quantitative estimate of drug-likeness (QED) is 0.792. The van der Waals surface area contributed by atoms with Gasteiger partial charge >= 0.3 is 0 Å². The van der Waals surface area contributed by atoms with Crippen LogP contribution in [0.2, 0.25) is 5.02 Å². The molecule has 2 heterocycles. The summed E-state index contributed by atoms with van der Waals surface area (Å²) in [7, 11) is 0. The molecule has 0 atom stereocenters. The third-order valence-electron chi connectivity index (χ3n) is 3.03. The summed E-state index contributed by atoms with van der Waals surface area (Å²) in [6.07, 6.45) is 4.79. The molecule has 8 nitrogen and oxygen atoms in total. The molecule has 0 saturated heterocycles. The molecule has 1 N–H and O–H groups in total. The highest BCUT2D eigenvalue weighted by Gasteiger charge is 2.13.